The Morgan fingerprint density at radius 2 is 1.88 bits per heavy atom. The van der Waals surface area contributed by atoms with Crippen LogP contribution in [0.1, 0.15) is 39.3 Å². The Kier molecular flexibility index (Phi) is 4.20. The van der Waals surface area contributed by atoms with E-state index in [2.05, 4.69) is 4.98 Å². The number of aromatic amines is 1. The molecular weight excluding hydrogens is 308 g/mol. The number of aromatic nitrogens is 1. The van der Waals surface area contributed by atoms with E-state index < -0.39 is 11.9 Å². The van der Waals surface area contributed by atoms with Crippen LogP contribution in [0.2, 0.25) is 0 Å². The van der Waals surface area contributed by atoms with Crippen molar-refractivity contribution in [3.63, 3.8) is 0 Å². The van der Waals surface area contributed by atoms with Gasteiger partial charge in [-0.3, -0.25) is 14.4 Å². The number of ketones is 1. The summed E-state index contributed by atoms with van der Waals surface area (Å²) < 4.78 is 0. The second kappa shape index (κ2) is 6.31. The van der Waals surface area contributed by atoms with E-state index in [1.54, 1.807) is 0 Å². The van der Waals surface area contributed by atoms with Gasteiger partial charge in [-0.1, -0.05) is 30.3 Å². The number of carbonyl (C=O) groups excluding carboxylic acids is 2. The third kappa shape index (κ3) is 2.95. The van der Waals surface area contributed by atoms with Gasteiger partial charge in [-0.25, -0.2) is 0 Å². The molecule has 2 heterocycles. The zero-order valence-corrected chi connectivity index (χ0v) is 13.2. The number of hydrogen-bond donors (Lipinski definition) is 2. The Hall–Kier alpha value is -2.89. The molecule has 2 aromatic rings. The minimum absolute atomic E-state index is 0.128. The van der Waals surface area contributed by atoms with Crippen molar-refractivity contribution in [1.29, 1.82) is 0 Å². The van der Waals surface area contributed by atoms with Crippen LogP contribution in [0.25, 0.3) is 0 Å². The van der Waals surface area contributed by atoms with Crippen molar-refractivity contribution >= 4 is 17.7 Å². The minimum atomic E-state index is -0.907. The number of aliphatic carboxylic acids is 1. The van der Waals surface area contributed by atoms with Crippen molar-refractivity contribution in [2.75, 3.05) is 13.1 Å². The molecule has 0 bridgehead atoms. The summed E-state index contributed by atoms with van der Waals surface area (Å²) >= 11 is 0. The van der Waals surface area contributed by atoms with Crippen LogP contribution in [0, 0.1) is 5.92 Å². The SMILES string of the molecule is CC(=O)c1c[nH]c(C(=O)N2CC(C(=O)O)C(c3ccccc3)C2)c1. The van der Waals surface area contributed by atoms with Gasteiger partial charge < -0.3 is 15.0 Å². The van der Waals surface area contributed by atoms with Crippen LogP contribution in [-0.2, 0) is 4.79 Å². The minimum Gasteiger partial charge on any atom is -0.481 e. The fourth-order valence-electron chi connectivity index (χ4n) is 3.15. The molecule has 124 valence electrons. The van der Waals surface area contributed by atoms with Crippen LogP contribution in [0.4, 0.5) is 0 Å². The number of Topliss-reactive ketones (excluding diaryl/α,β-unsaturated/α-hetero) is 1. The summed E-state index contributed by atoms with van der Waals surface area (Å²) in [5.74, 6) is -2.20. The molecule has 0 spiro atoms. The second-order valence-corrected chi connectivity index (χ2v) is 6.03. The van der Waals surface area contributed by atoms with E-state index in [1.165, 1.54) is 24.1 Å². The van der Waals surface area contributed by atoms with Gasteiger partial charge in [0.1, 0.15) is 5.69 Å². The maximum Gasteiger partial charge on any atom is 0.308 e. The lowest BCUT2D eigenvalue weighted by Gasteiger charge is -2.15. The molecule has 1 aliphatic rings. The highest BCUT2D eigenvalue weighted by Gasteiger charge is 2.40. The number of carboxylic acids is 1. The average molecular weight is 326 g/mol. The molecule has 0 aliphatic carbocycles. The Morgan fingerprint density at radius 3 is 2.46 bits per heavy atom. The first-order chi connectivity index (χ1) is 11.5. The summed E-state index contributed by atoms with van der Waals surface area (Å²) in [6, 6.07) is 10.9. The van der Waals surface area contributed by atoms with Crippen LogP contribution >= 0.6 is 0 Å². The Balaban J connectivity index is 1.83. The molecule has 1 aliphatic heterocycles. The van der Waals surface area contributed by atoms with Gasteiger partial charge >= 0.3 is 5.97 Å². The largest absolute Gasteiger partial charge is 0.481 e. The van der Waals surface area contributed by atoms with E-state index in [1.807, 2.05) is 30.3 Å². The van der Waals surface area contributed by atoms with Crippen LogP contribution in [0.5, 0.6) is 0 Å². The number of benzene rings is 1. The number of amides is 1. The molecule has 2 N–H and O–H groups in total. The van der Waals surface area contributed by atoms with Gasteiger partial charge in [-0.2, -0.15) is 0 Å². The maximum atomic E-state index is 12.6. The molecule has 6 heteroatoms. The summed E-state index contributed by atoms with van der Waals surface area (Å²) in [7, 11) is 0. The summed E-state index contributed by atoms with van der Waals surface area (Å²) in [5.41, 5.74) is 1.65. The third-order valence-corrected chi connectivity index (χ3v) is 4.47. The Bertz CT molecular complexity index is 781. The molecule has 1 aromatic carbocycles. The zero-order valence-electron chi connectivity index (χ0n) is 13.2. The molecule has 24 heavy (non-hydrogen) atoms. The quantitative estimate of drug-likeness (QED) is 0.842. The van der Waals surface area contributed by atoms with Gasteiger partial charge in [0.15, 0.2) is 5.78 Å². The van der Waals surface area contributed by atoms with Gasteiger partial charge in [-0.15, -0.1) is 0 Å². The van der Waals surface area contributed by atoms with Crippen LogP contribution in [-0.4, -0.2) is 45.7 Å². The van der Waals surface area contributed by atoms with Gasteiger partial charge in [0, 0.05) is 30.8 Å². The lowest BCUT2D eigenvalue weighted by Crippen LogP contribution is -2.30. The third-order valence-electron chi connectivity index (χ3n) is 4.47. The number of nitrogens with one attached hydrogen (secondary N) is 1. The lowest BCUT2D eigenvalue weighted by molar-refractivity contribution is -0.141. The summed E-state index contributed by atoms with van der Waals surface area (Å²) in [6.07, 6.45) is 1.50. The molecule has 1 saturated heterocycles. The summed E-state index contributed by atoms with van der Waals surface area (Å²) in [4.78, 5) is 39.9. The van der Waals surface area contributed by atoms with Crippen molar-refractivity contribution in [2.45, 2.75) is 12.8 Å². The highest BCUT2D eigenvalue weighted by Crippen LogP contribution is 2.33. The van der Waals surface area contributed by atoms with Crippen LogP contribution in [0.3, 0.4) is 0 Å². The first kappa shape index (κ1) is 16.0. The molecule has 1 aromatic heterocycles. The molecule has 0 saturated carbocycles. The predicted octanol–water partition coefficient (Wildman–Crippen LogP) is 2.16. The molecule has 1 fully saturated rings. The van der Waals surface area contributed by atoms with Crippen LogP contribution in [0.15, 0.2) is 42.6 Å². The standard InChI is InChI=1S/C18H18N2O4/c1-11(21)13-7-16(19-8-13)17(22)20-9-14(15(10-20)18(23)24)12-5-3-2-4-6-12/h2-8,14-15,19H,9-10H2,1H3,(H,23,24). The second-order valence-electron chi connectivity index (χ2n) is 6.03. The van der Waals surface area contributed by atoms with Gasteiger partial charge in [0.2, 0.25) is 0 Å². The molecule has 0 radical (unpaired) electrons. The number of carbonyl (C=O) groups is 3. The smallest absolute Gasteiger partial charge is 0.308 e. The van der Waals surface area contributed by atoms with E-state index >= 15 is 0 Å². The van der Waals surface area contributed by atoms with Crippen molar-refractivity contribution < 1.29 is 19.5 Å². The molecular formula is C18H18N2O4. The molecule has 2 unspecified atom stereocenters. The fourth-order valence-corrected chi connectivity index (χ4v) is 3.15. The number of likely N-dealkylation sites (tertiary alicyclic amines) is 1. The van der Waals surface area contributed by atoms with E-state index in [0.29, 0.717) is 17.8 Å². The predicted molar refractivity (Wildman–Crippen MR) is 87.0 cm³/mol. The van der Waals surface area contributed by atoms with E-state index in [9.17, 15) is 19.5 Å². The van der Waals surface area contributed by atoms with Crippen molar-refractivity contribution in [1.82, 2.24) is 9.88 Å². The first-order valence-electron chi connectivity index (χ1n) is 7.73. The van der Waals surface area contributed by atoms with Crippen molar-refractivity contribution in [2.24, 2.45) is 5.92 Å². The number of nitrogens with zero attached hydrogens (tertiary/aromatic N) is 1. The maximum absolute atomic E-state index is 12.6. The topological polar surface area (TPSA) is 90.5 Å². The molecule has 2 atom stereocenters. The van der Waals surface area contributed by atoms with Gasteiger partial charge in [0.05, 0.1) is 5.92 Å². The Labute approximate surface area is 139 Å². The Morgan fingerprint density at radius 1 is 1.17 bits per heavy atom. The average Bonchev–Trinajstić information content (AvgIpc) is 3.22. The van der Waals surface area contributed by atoms with E-state index in [-0.39, 0.29) is 24.2 Å². The molecule has 1 amide bonds. The number of hydrogen-bond acceptors (Lipinski definition) is 3. The van der Waals surface area contributed by atoms with Crippen molar-refractivity contribution in [3.8, 4) is 0 Å². The fraction of sp³-hybridized carbons (Fsp3) is 0.278. The molecule has 6 nitrogen and oxygen atoms in total. The first-order valence-corrected chi connectivity index (χ1v) is 7.73. The monoisotopic (exact) mass is 326 g/mol. The number of carboxylic acid groups (broad SMARTS) is 1. The number of H-pyrrole nitrogens is 1. The normalized spacial score (nSPS) is 20.1. The lowest BCUT2D eigenvalue weighted by atomic mass is 9.89. The van der Waals surface area contributed by atoms with E-state index in [0.717, 1.165) is 5.56 Å². The van der Waals surface area contributed by atoms with Gasteiger partial charge in [-0.05, 0) is 18.6 Å². The highest BCUT2D eigenvalue weighted by molar-refractivity contribution is 5.99. The van der Waals surface area contributed by atoms with Crippen molar-refractivity contribution in [3.05, 3.63) is 59.4 Å². The van der Waals surface area contributed by atoms with Crippen LogP contribution < -0.4 is 0 Å². The zero-order chi connectivity index (χ0) is 17.3. The summed E-state index contributed by atoms with van der Waals surface area (Å²) in [5, 5.41) is 9.50. The molecule has 3 rings (SSSR count). The van der Waals surface area contributed by atoms with Gasteiger partial charge in [0.25, 0.3) is 5.91 Å². The van der Waals surface area contributed by atoms with E-state index in [4.69, 9.17) is 0 Å². The summed E-state index contributed by atoms with van der Waals surface area (Å²) in [6.45, 7) is 1.93. The highest BCUT2D eigenvalue weighted by atomic mass is 16.4. The number of rotatable bonds is 4.